The molecule has 2 aromatic rings. The molecule has 2 N–H and O–H groups in total. The van der Waals surface area contributed by atoms with Crippen LogP contribution in [0.25, 0.3) is 10.9 Å². The Kier molecular flexibility index (Phi) is 12.5. The van der Waals surface area contributed by atoms with E-state index in [9.17, 15) is 24.0 Å². The van der Waals surface area contributed by atoms with Crippen LogP contribution in [-0.2, 0) is 23.9 Å². The lowest BCUT2D eigenvalue weighted by Gasteiger charge is -2.36. The summed E-state index contributed by atoms with van der Waals surface area (Å²) >= 11 is 0. The van der Waals surface area contributed by atoms with Gasteiger partial charge in [0, 0.05) is 57.3 Å². The summed E-state index contributed by atoms with van der Waals surface area (Å²) in [6, 6.07) is 5.62. The molecule has 50 heavy (non-hydrogen) atoms. The number of likely N-dealkylation sites (tertiary alicyclic amines) is 1. The lowest BCUT2D eigenvalue weighted by Crippen LogP contribution is -2.58. The van der Waals surface area contributed by atoms with Crippen LogP contribution in [0.15, 0.2) is 24.3 Å². The maximum absolute atomic E-state index is 13.7. The van der Waals surface area contributed by atoms with Crippen molar-refractivity contribution in [3.8, 4) is 5.75 Å². The van der Waals surface area contributed by atoms with Gasteiger partial charge in [-0.15, -0.1) is 0 Å². The van der Waals surface area contributed by atoms with Crippen molar-refractivity contribution in [3.05, 3.63) is 35.5 Å². The van der Waals surface area contributed by atoms with Crippen LogP contribution >= 0.6 is 0 Å². The number of aryl methyl sites for hydroxylation is 1. The Balaban J connectivity index is 1.27. The summed E-state index contributed by atoms with van der Waals surface area (Å²) in [6.45, 7) is 7.32. The molecule has 5 rings (SSSR count). The average molecular weight is 695 g/mol. The SMILES string of the molecule is CCCCOC(=O)N1CCN(C(=O)[C@@H](NC(=O)c2cc(OCC(=O)N3CCC[C@H]3C(=O)NC3CCC3)c3ccc(C)cc3n2)[C@@H](C)OC)CC1. The molecule has 3 atom stereocenters. The number of fused-ring (bicyclic) bond motifs is 1. The average Bonchev–Trinajstić information content (AvgIpc) is 3.60. The highest BCUT2D eigenvalue weighted by Gasteiger charge is 2.37. The zero-order valence-corrected chi connectivity index (χ0v) is 29.6. The molecule has 3 fully saturated rings. The van der Waals surface area contributed by atoms with E-state index in [-0.39, 0.29) is 54.9 Å². The maximum atomic E-state index is 13.7. The summed E-state index contributed by atoms with van der Waals surface area (Å²) in [5.74, 6) is -1.10. The zero-order valence-electron chi connectivity index (χ0n) is 29.6. The Hall–Kier alpha value is -4.46. The molecule has 272 valence electrons. The second-order valence-corrected chi connectivity index (χ2v) is 13.4. The van der Waals surface area contributed by atoms with Crippen LogP contribution in [0.2, 0.25) is 0 Å². The van der Waals surface area contributed by atoms with Gasteiger partial charge in [0.05, 0.1) is 18.2 Å². The van der Waals surface area contributed by atoms with Crippen molar-refractivity contribution >= 4 is 40.6 Å². The predicted molar refractivity (Wildman–Crippen MR) is 185 cm³/mol. The van der Waals surface area contributed by atoms with Crippen LogP contribution in [-0.4, -0.2) is 127 Å². The van der Waals surface area contributed by atoms with E-state index < -0.39 is 30.2 Å². The lowest BCUT2D eigenvalue weighted by molar-refractivity contribution is -0.140. The number of piperazine rings is 1. The van der Waals surface area contributed by atoms with Gasteiger partial charge in [0.2, 0.25) is 11.8 Å². The number of benzene rings is 1. The van der Waals surface area contributed by atoms with Gasteiger partial charge in [0.1, 0.15) is 23.5 Å². The van der Waals surface area contributed by atoms with Gasteiger partial charge in [-0.1, -0.05) is 19.4 Å². The summed E-state index contributed by atoms with van der Waals surface area (Å²) in [6.07, 6.45) is 5.01. The Bertz CT molecular complexity index is 1560. The number of methoxy groups -OCH3 is 1. The Morgan fingerprint density at radius 2 is 1.72 bits per heavy atom. The van der Waals surface area contributed by atoms with Crippen LogP contribution < -0.4 is 15.4 Å². The third kappa shape index (κ3) is 8.82. The van der Waals surface area contributed by atoms with Crippen molar-refractivity contribution in [2.45, 2.75) is 89.9 Å². The van der Waals surface area contributed by atoms with Crippen molar-refractivity contribution < 1.29 is 38.2 Å². The van der Waals surface area contributed by atoms with Gasteiger partial charge in [-0.25, -0.2) is 9.78 Å². The predicted octanol–water partition coefficient (Wildman–Crippen LogP) is 2.80. The summed E-state index contributed by atoms with van der Waals surface area (Å²) in [5, 5.41) is 6.48. The van der Waals surface area contributed by atoms with Crippen molar-refractivity contribution in [2.24, 2.45) is 0 Å². The van der Waals surface area contributed by atoms with E-state index in [2.05, 4.69) is 15.6 Å². The molecule has 3 aliphatic rings. The molecular formula is C36H50N6O8. The van der Waals surface area contributed by atoms with E-state index in [1.165, 1.54) is 13.2 Å². The van der Waals surface area contributed by atoms with Gasteiger partial charge in [-0.05, 0) is 70.1 Å². The Labute approximate surface area is 293 Å². The standard InChI is InChI=1S/C36H50N6O8/c1-5-6-19-49-36(47)41-17-15-40(16-18-41)35(46)32(24(3)48-4)39-33(44)28-21-30(26-13-12-23(2)20-27(26)38-28)50-22-31(43)42-14-8-11-29(42)34(45)37-25-9-7-10-25/h12-13,20-21,24-25,29,32H,5-11,14-19,22H2,1-4H3,(H,37,45)(H,39,44)/t24-,29+,32+/m1/s1. The molecule has 1 aromatic heterocycles. The number of carbonyl (C=O) groups excluding carboxylic acids is 5. The normalized spacial score (nSPS) is 19.0. The quantitative estimate of drug-likeness (QED) is 0.301. The van der Waals surface area contributed by atoms with Gasteiger partial charge < -0.3 is 39.5 Å². The molecule has 5 amide bonds. The highest BCUT2D eigenvalue weighted by Crippen LogP contribution is 2.28. The molecule has 2 aliphatic heterocycles. The molecule has 0 radical (unpaired) electrons. The number of nitrogens with one attached hydrogen (secondary N) is 2. The highest BCUT2D eigenvalue weighted by atomic mass is 16.6. The fourth-order valence-corrected chi connectivity index (χ4v) is 6.38. The fraction of sp³-hybridized carbons (Fsp3) is 0.611. The lowest BCUT2D eigenvalue weighted by atomic mass is 9.93. The zero-order chi connectivity index (χ0) is 35.8. The van der Waals surface area contributed by atoms with E-state index in [1.54, 1.807) is 21.6 Å². The summed E-state index contributed by atoms with van der Waals surface area (Å²) in [4.78, 5) is 75.4. The molecular weight excluding hydrogens is 644 g/mol. The maximum Gasteiger partial charge on any atom is 0.409 e. The van der Waals surface area contributed by atoms with Gasteiger partial charge >= 0.3 is 6.09 Å². The van der Waals surface area contributed by atoms with E-state index in [0.29, 0.717) is 43.6 Å². The number of amides is 5. The number of aromatic nitrogens is 1. The van der Waals surface area contributed by atoms with Gasteiger partial charge in [-0.3, -0.25) is 19.2 Å². The van der Waals surface area contributed by atoms with Crippen LogP contribution in [0.5, 0.6) is 5.75 Å². The fourth-order valence-electron chi connectivity index (χ4n) is 6.38. The van der Waals surface area contributed by atoms with Crippen LogP contribution in [0, 0.1) is 6.92 Å². The number of pyridine rings is 1. The summed E-state index contributed by atoms with van der Waals surface area (Å²) < 4.78 is 16.9. The van der Waals surface area contributed by atoms with Crippen LogP contribution in [0.4, 0.5) is 4.79 Å². The summed E-state index contributed by atoms with van der Waals surface area (Å²) in [7, 11) is 1.46. The third-order valence-corrected chi connectivity index (χ3v) is 9.81. The van der Waals surface area contributed by atoms with Crippen LogP contribution in [0.3, 0.4) is 0 Å². The van der Waals surface area contributed by atoms with E-state index in [4.69, 9.17) is 14.2 Å². The van der Waals surface area contributed by atoms with E-state index >= 15 is 0 Å². The highest BCUT2D eigenvalue weighted by molar-refractivity contribution is 6.00. The van der Waals surface area contributed by atoms with Gasteiger partial charge in [0.25, 0.3) is 11.8 Å². The molecule has 1 aromatic carbocycles. The molecule has 1 saturated carbocycles. The first-order valence-corrected chi connectivity index (χ1v) is 17.8. The number of ether oxygens (including phenoxy) is 3. The number of hydrogen-bond acceptors (Lipinski definition) is 9. The van der Waals surface area contributed by atoms with Gasteiger partial charge in [-0.2, -0.15) is 0 Å². The van der Waals surface area contributed by atoms with Crippen molar-refractivity contribution in [3.63, 3.8) is 0 Å². The van der Waals surface area contributed by atoms with Gasteiger partial charge in [0.15, 0.2) is 6.61 Å². The number of nitrogens with zero attached hydrogens (tertiary/aromatic N) is 4. The molecule has 2 saturated heterocycles. The second-order valence-electron chi connectivity index (χ2n) is 13.4. The minimum Gasteiger partial charge on any atom is -0.483 e. The first-order valence-electron chi connectivity index (χ1n) is 17.8. The number of unbranched alkanes of at least 4 members (excludes halogenated alkanes) is 1. The number of rotatable bonds is 13. The second kappa shape index (κ2) is 17.0. The number of hydrogen-bond donors (Lipinski definition) is 2. The molecule has 0 spiro atoms. The number of carbonyl (C=O) groups is 5. The molecule has 3 heterocycles. The monoisotopic (exact) mass is 694 g/mol. The Morgan fingerprint density at radius 3 is 2.40 bits per heavy atom. The molecule has 0 bridgehead atoms. The molecule has 14 heteroatoms. The van der Waals surface area contributed by atoms with Crippen molar-refractivity contribution in [1.82, 2.24) is 30.3 Å². The minimum absolute atomic E-state index is 0.00483. The van der Waals surface area contributed by atoms with Crippen LogP contribution in [0.1, 0.15) is 74.8 Å². The van der Waals surface area contributed by atoms with Crippen molar-refractivity contribution in [2.75, 3.05) is 53.0 Å². The third-order valence-electron chi connectivity index (χ3n) is 9.81. The summed E-state index contributed by atoms with van der Waals surface area (Å²) in [5.41, 5.74) is 1.41. The molecule has 14 nitrogen and oxygen atoms in total. The van der Waals surface area contributed by atoms with E-state index in [0.717, 1.165) is 44.1 Å². The largest absolute Gasteiger partial charge is 0.483 e. The molecule has 0 unspecified atom stereocenters. The first kappa shape index (κ1) is 36.8. The van der Waals surface area contributed by atoms with Crippen molar-refractivity contribution in [1.29, 1.82) is 0 Å². The molecule has 1 aliphatic carbocycles. The minimum atomic E-state index is -1.03. The smallest absolute Gasteiger partial charge is 0.409 e. The first-order chi connectivity index (χ1) is 24.1. The Morgan fingerprint density at radius 1 is 0.980 bits per heavy atom. The van der Waals surface area contributed by atoms with E-state index in [1.807, 2.05) is 32.0 Å². The topological polar surface area (TPSA) is 160 Å².